The molecular weight excluding hydrogens is 316 g/mol. The Bertz CT molecular complexity index is 841. The molecule has 0 aromatic heterocycles. The third-order valence-corrected chi connectivity index (χ3v) is 5.23. The second-order valence-corrected chi connectivity index (χ2v) is 6.58. The van der Waals surface area contributed by atoms with Crippen molar-refractivity contribution < 1.29 is 14.9 Å². The van der Waals surface area contributed by atoms with Crippen molar-refractivity contribution in [2.75, 3.05) is 27.2 Å². The summed E-state index contributed by atoms with van der Waals surface area (Å²) in [5.41, 5.74) is 3.26. The van der Waals surface area contributed by atoms with Crippen molar-refractivity contribution in [2.24, 2.45) is 0 Å². The number of nitrogens with one attached hydrogen (secondary N) is 1. The Morgan fingerprint density at radius 3 is 2.36 bits per heavy atom. The first kappa shape index (κ1) is 16.0. The number of hydrogen-bond acceptors (Lipinski definition) is 5. The molecule has 130 valence electrons. The first-order chi connectivity index (χ1) is 12.1. The highest BCUT2D eigenvalue weighted by Crippen LogP contribution is 2.44. The largest absolute Gasteiger partial charge is 0.504 e. The van der Waals surface area contributed by atoms with Crippen LogP contribution in [0.3, 0.4) is 0 Å². The summed E-state index contributed by atoms with van der Waals surface area (Å²) in [6.45, 7) is 1.82. The molecule has 1 aliphatic carbocycles. The molecule has 1 fully saturated rings. The zero-order chi connectivity index (χ0) is 17.6. The number of nitrogens with zero attached hydrogens (tertiary/aromatic N) is 1. The van der Waals surface area contributed by atoms with E-state index in [9.17, 15) is 10.2 Å². The van der Waals surface area contributed by atoms with Gasteiger partial charge in [0.25, 0.3) is 0 Å². The van der Waals surface area contributed by atoms with Crippen molar-refractivity contribution in [3.8, 4) is 5.75 Å². The summed E-state index contributed by atoms with van der Waals surface area (Å²) >= 11 is 0. The molecule has 2 aromatic carbocycles. The van der Waals surface area contributed by atoms with Gasteiger partial charge in [0, 0.05) is 30.3 Å². The van der Waals surface area contributed by atoms with Crippen LogP contribution in [-0.2, 0) is 0 Å². The average Bonchev–Trinajstić information content (AvgIpc) is 2.70. The lowest BCUT2D eigenvalue weighted by Gasteiger charge is -2.45. The topological polar surface area (TPSA) is 65.0 Å². The monoisotopic (exact) mass is 338 g/mol. The van der Waals surface area contributed by atoms with E-state index in [1.807, 2.05) is 49.5 Å². The molecule has 1 saturated heterocycles. The average molecular weight is 338 g/mol. The van der Waals surface area contributed by atoms with Gasteiger partial charge in [0.1, 0.15) is 5.75 Å². The molecular formula is C20H22N2O3. The van der Waals surface area contributed by atoms with Crippen molar-refractivity contribution in [2.45, 2.75) is 12.1 Å². The maximum Gasteiger partial charge on any atom is 0.165 e. The van der Waals surface area contributed by atoms with Crippen LogP contribution < -0.4 is 10.1 Å². The Morgan fingerprint density at radius 1 is 1.00 bits per heavy atom. The summed E-state index contributed by atoms with van der Waals surface area (Å²) in [4.78, 5) is 2.35. The minimum Gasteiger partial charge on any atom is -0.504 e. The summed E-state index contributed by atoms with van der Waals surface area (Å²) in [6, 6.07) is 13.7. The molecule has 0 spiro atoms. The highest BCUT2D eigenvalue weighted by molar-refractivity contribution is 5.87. The van der Waals surface area contributed by atoms with Crippen LogP contribution in [0.25, 0.3) is 11.5 Å². The fraction of sp³-hybridized carbons (Fsp3) is 0.300. The van der Waals surface area contributed by atoms with Crippen LogP contribution in [0, 0.1) is 0 Å². The summed E-state index contributed by atoms with van der Waals surface area (Å²) in [5, 5.41) is 24.6. The second-order valence-electron chi connectivity index (χ2n) is 6.58. The van der Waals surface area contributed by atoms with Crippen molar-refractivity contribution >= 4 is 11.5 Å². The van der Waals surface area contributed by atoms with E-state index in [4.69, 9.17) is 4.74 Å². The van der Waals surface area contributed by atoms with Crippen molar-refractivity contribution in [1.29, 1.82) is 0 Å². The number of hydrogen-bond donors (Lipinski definition) is 3. The van der Waals surface area contributed by atoms with E-state index in [0.717, 1.165) is 30.0 Å². The Morgan fingerprint density at radius 2 is 1.68 bits per heavy atom. The number of likely N-dealkylation sites (tertiary alicyclic amines) is 1. The van der Waals surface area contributed by atoms with Gasteiger partial charge in [-0.1, -0.05) is 24.3 Å². The highest BCUT2D eigenvalue weighted by Gasteiger charge is 2.38. The second kappa shape index (κ2) is 6.10. The molecule has 0 radical (unpaired) electrons. The smallest absolute Gasteiger partial charge is 0.165 e. The van der Waals surface area contributed by atoms with Gasteiger partial charge >= 0.3 is 0 Å². The molecule has 5 heteroatoms. The van der Waals surface area contributed by atoms with E-state index in [2.05, 4.69) is 10.2 Å². The molecule has 4 rings (SSSR count). The lowest BCUT2D eigenvalue weighted by molar-refractivity contribution is 0.0973. The van der Waals surface area contributed by atoms with Crippen LogP contribution in [0.2, 0.25) is 0 Å². The fourth-order valence-corrected chi connectivity index (χ4v) is 3.78. The summed E-state index contributed by atoms with van der Waals surface area (Å²) in [5.74, 6) is 0.578. The van der Waals surface area contributed by atoms with Crippen molar-refractivity contribution in [1.82, 2.24) is 10.2 Å². The van der Waals surface area contributed by atoms with Gasteiger partial charge in [0.05, 0.1) is 13.2 Å². The minimum absolute atomic E-state index is 0.0438. The van der Waals surface area contributed by atoms with Gasteiger partial charge in [-0.3, -0.25) is 4.90 Å². The molecule has 1 atom stereocenters. The van der Waals surface area contributed by atoms with Crippen LogP contribution >= 0.6 is 0 Å². The summed E-state index contributed by atoms with van der Waals surface area (Å²) in [7, 11) is 3.61. The van der Waals surface area contributed by atoms with Crippen LogP contribution in [0.15, 0.2) is 42.5 Å². The van der Waals surface area contributed by atoms with E-state index in [-0.39, 0.29) is 17.6 Å². The number of fused-ring (bicyclic) bond motifs is 2. The van der Waals surface area contributed by atoms with Gasteiger partial charge in [-0.15, -0.1) is 0 Å². The molecule has 1 heterocycles. The number of ether oxygens (including phenoxy) is 1. The summed E-state index contributed by atoms with van der Waals surface area (Å²) < 4.78 is 5.40. The van der Waals surface area contributed by atoms with Gasteiger partial charge in [-0.2, -0.15) is 0 Å². The number of aliphatic hydroxyl groups excluding tert-OH is 2. The molecule has 0 bridgehead atoms. The van der Waals surface area contributed by atoms with Gasteiger partial charge in [0.2, 0.25) is 0 Å². The molecule has 0 amide bonds. The molecule has 3 N–H and O–H groups in total. The van der Waals surface area contributed by atoms with E-state index in [1.165, 1.54) is 0 Å². The van der Waals surface area contributed by atoms with Gasteiger partial charge in [-0.25, -0.2) is 0 Å². The van der Waals surface area contributed by atoms with Crippen molar-refractivity contribution in [3.05, 3.63) is 64.7 Å². The number of benzene rings is 2. The molecule has 1 unspecified atom stereocenters. The first-order valence-electron chi connectivity index (χ1n) is 8.45. The normalized spacial score (nSPS) is 20.5. The Labute approximate surface area is 147 Å². The molecule has 2 aromatic rings. The van der Waals surface area contributed by atoms with E-state index in [0.29, 0.717) is 17.2 Å². The predicted molar refractivity (Wildman–Crippen MR) is 97.8 cm³/mol. The number of likely N-dealkylation sites (N-methyl/N-ethyl adjacent to an activating group) is 1. The Hall–Kier alpha value is -2.50. The fourth-order valence-electron chi connectivity index (χ4n) is 3.78. The van der Waals surface area contributed by atoms with E-state index >= 15 is 0 Å². The van der Waals surface area contributed by atoms with Gasteiger partial charge in [0.15, 0.2) is 11.5 Å². The number of methoxy groups -OCH3 is 1. The SMILES string of the molecule is CNC1CN(C2c3ccccc3C(O)=C(O)c3ccc(OC)cc32)C1. The van der Waals surface area contributed by atoms with Crippen molar-refractivity contribution in [3.63, 3.8) is 0 Å². The lowest BCUT2D eigenvalue weighted by atomic mass is 9.89. The number of rotatable bonds is 3. The maximum atomic E-state index is 10.7. The van der Waals surface area contributed by atoms with Gasteiger partial charge < -0.3 is 20.3 Å². The quantitative estimate of drug-likeness (QED) is 0.803. The zero-order valence-corrected chi connectivity index (χ0v) is 14.4. The maximum absolute atomic E-state index is 10.7. The summed E-state index contributed by atoms with van der Waals surface area (Å²) in [6.07, 6.45) is 0. The van der Waals surface area contributed by atoms with E-state index < -0.39 is 0 Å². The lowest BCUT2D eigenvalue weighted by Crippen LogP contribution is -2.58. The first-order valence-corrected chi connectivity index (χ1v) is 8.45. The molecule has 1 aliphatic heterocycles. The van der Waals surface area contributed by atoms with E-state index in [1.54, 1.807) is 7.11 Å². The molecule has 25 heavy (non-hydrogen) atoms. The third kappa shape index (κ3) is 2.47. The Balaban J connectivity index is 1.93. The molecule has 0 saturated carbocycles. The van der Waals surface area contributed by atoms with Crippen LogP contribution in [0.1, 0.15) is 28.3 Å². The van der Waals surface area contributed by atoms with Gasteiger partial charge in [-0.05, 0) is 36.4 Å². The third-order valence-electron chi connectivity index (χ3n) is 5.23. The van der Waals surface area contributed by atoms with Crippen LogP contribution in [0.4, 0.5) is 0 Å². The Kier molecular flexibility index (Phi) is 3.90. The molecule has 5 nitrogen and oxygen atoms in total. The minimum atomic E-state index is -0.0849. The van der Waals surface area contributed by atoms with Crippen LogP contribution in [-0.4, -0.2) is 48.4 Å². The molecule has 2 aliphatic rings. The number of aliphatic hydroxyl groups is 2. The predicted octanol–water partition coefficient (Wildman–Crippen LogP) is 2.94. The zero-order valence-electron chi connectivity index (χ0n) is 14.4. The standard InChI is InChI=1S/C20H22N2O3/c1-21-12-10-22(11-12)18-14-5-3-4-6-15(14)19(23)20(24)16-8-7-13(25-2)9-17(16)18/h3-9,12,18,21,23-24H,10-11H2,1-2H3. The highest BCUT2D eigenvalue weighted by atomic mass is 16.5. The van der Waals surface area contributed by atoms with Crippen LogP contribution in [0.5, 0.6) is 5.75 Å².